The maximum atomic E-state index is 14.2. The van der Waals surface area contributed by atoms with Crippen molar-refractivity contribution in [3.8, 4) is 0 Å². The number of H-pyrrole nitrogens is 1. The van der Waals surface area contributed by atoms with Gasteiger partial charge in [-0.2, -0.15) is 0 Å². The smallest absolute Gasteiger partial charge is 0.410 e. The zero-order valence-corrected chi connectivity index (χ0v) is 42.9. The number of likely N-dealkylation sites (N-methyl/N-ethyl adjacent to an activating group) is 2. The Morgan fingerprint density at radius 1 is 0.985 bits per heavy atom. The van der Waals surface area contributed by atoms with Crippen molar-refractivity contribution >= 4 is 51.3 Å². The first-order valence-corrected chi connectivity index (χ1v) is 25.0. The summed E-state index contributed by atoms with van der Waals surface area (Å²) in [5.41, 5.74) is 0.693. The van der Waals surface area contributed by atoms with Crippen LogP contribution in [0.15, 0.2) is 47.9 Å². The van der Waals surface area contributed by atoms with Gasteiger partial charge in [-0.3, -0.25) is 24.1 Å². The summed E-state index contributed by atoms with van der Waals surface area (Å²) in [5, 5.41) is 17.3. The number of aliphatic hydroxyl groups is 1. The molecule has 4 N–H and O–H groups in total. The van der Waals surface area contributed by atoms with Crippen LogP contribution in [0.1, 0.15) is 113 Å². The molecular formula is C47H79N7O9S2. The largest absolute Gasteiger partial charge is 0.448 e. The molecule has 1 aromatic carbocycles. The van der Waals surface area contributed by atoms with Crippen LogP contribution >= 0.6 is 21.6 Å². The van der Waals surface area contributed by atoms with E-state index in [4.69, 9.17) is 14.2 Å². The summed E-state index contributed by atoms with van der Waals surface area (Å²) in [5.74, 6) is -2.38. The number of hydrogen-bond acceptors (Lipinski definition) is 12. The summed E-state index contributed by atoms with van der Waals surface area (Å²) in [7, 11) is 9.14. The molecule has 2 heterocycles. The normalized spacial score (nSPS) is 17.6. The van der Waals surface area contributed by atoms with Gasteiger partial charge >= 0.3 is 6.09 Å². The number of ether oxygens (including phenoxy) is 3. The Bertz CT molecular complexity index is 1740. The minimum absolute atomic E-state index is 0.0253. The van der Waals surface area contributed by atoms with Crippen LogP contribution in [0.2, 0.25) is 0 Å². The van der Waals surface area contributed by atoms with Gasteiger partial charge in [0.15, 0.2) is 5.16 Å². The van der Waals surface area contributed by atoms with Crippen LogP contribution < -0.4 is 10.6 Å². The highest BCUT2D eigenvalue weighted by Crippen LogP contribution is 2.39. The fourth-order valence-electron chi connectivity index (χ4n) is 7.94. The summed E-state index contributed by atoms with van der Waals surface area (Å²) in [4.78, 5) is 80.1. The molecule has 1 aromatic heterocycles. The molecule has 368 valence electrons. The second kappa shape index (κ2) is 28.4. The van der Waals surface area contributed by atoms with Crippen LogP contribution in [-0.2, 0) is 33.4 Å². The lowest BCUT2D eigenvalue weighted by molar-refractivity contribution is -0.146. The average molecular weight is 950 g/mol. The van der Waals surface area contributed by atoms with Gasteiger partial charge in [0.2, 0.25) is 23.6 Å². The molecule has 5 amide bonds. The van der Waals surface area contributed by atoms with Crippen molar-refractivity contribution in [3.05, 3.63) is 48.3 Å². The Labute approximate surface area is 396 Å². The average Bonchev–Trinajstić information content (AvgIpc) is 4.00. The number of nitrogens with one attached hydrogen (secondary N) is 3. The van der Waals surface area contributed by atoms with Crippen molar-refractivity contribution in [1.29, 1.82) is 0 Å². The summed E-state index contributed by atoms with van der Waals surface area (Å²) in [6, 6.07) is 6.76. The van der Waals surface area contributed by atoms with E-state index in [2.05, 4.69) is 34.4 Å². The number of amides is 5. The molecule has 16 nitrogen and oxygen atoms in total. The van der Waals surface area contributed by atoms with Gasteiger partial charge in [0.25, 0.3) is 0 Å². The Morgan fingerprint density at radius 2 is 1.63 bits per heavy atom. The quantitative estimate of drug-likeness (QED) is 0.0814. The van der Waals surface area contributed by atoms with E-state index >= 15 is 0 Å². The minimum atomic E-state index is -0.911. The molecule has 2 aromatic rings. The highest BCUT2D eigenvalue weighted by molar-refractivity contribution is 8.77. The van der Waals surface area contributed by atoms with Crippen LogP contribution in [0.4, 0.5) is 4.79 Å². The monoisotopic (exact) mass is 950 g/mol. The second-order valence-corrected chi connectivity index (χ2v) is 20.7. The number of rotatable bonds is 24. The number of aromatic nitrogens is 2. The first-order chi connectivity index (χ1) is 30.7. The summed E-state index contributed by atoms with van der Waals surface area (Å²) in [6.45, 7) is 19.5. The number of likely N-dealkylation sites (tertiary alicyclic amines) is 1. The zero-order chi connectivity index (χ0) is 49.0. The number of carbonyl (C=O) groups excluding carboxylic acids is 5. The maximum Gasteiger partial charge on any atom is 0.410 e. The summed E-state index contributed by atoms with van der Waals surface area (Å²) < 4.78 is 17.1. The SMILES string of the molecule is CCC.CCC(C)C(C(CC(=O)N1CCCC1C(OC)C(C)C(=O)NC(C)C(O)c1ccccc1)OC)N(C)C(=O)CNC(=O)C(C(C)C)N(C)C(=O)OCC(C)(C)SSc1ncc[nH]1. The van der Waals surface area contributed by atoms with Crippen LogP contribution in [0.3, 0.4) is 0 Å². The molecular weight excluding hydrogens is 871 g/mol. The molecule has 1 saturated heterocycles. The number of aliphatic hydroxyl groups excluding tert-OH is 1. The number of nitrogens with zero attached hydrogens (tertiary/aromatic N) is 4. The molecule has 0 aliphatic carbocycles. The van der Waals surface area contributed by atoms with Crippen molar-refractivity contribution in [2.75, 3.05) is 48.0 Å². The molecule has 9 unspecified atom stereocenters. The van der Waals surface area contributed by atoms with E-state index in [1.54, 1.807) is 50.3 Å². The van der Waals surface area contributed by atoms with Gasteiger partial charge in [-0.25, -0.2) is 9.78 Å². The molecule has 18 heteroatoms. The lowest BCUT2D eigenvalue weighted by atomic mass is 9.90. The van der Waals surface area contributed by atoms with Gasteiger partial charge in [0, 0.05) is 47.3 Å². The van der Waals surface area contributed by atoms with Gasteiger partial charge in [0.05, 0.1) is 60.1 Å². The maximum absolute atomic E-state index is 14.2. The highest BCUT2D eigenvalue weighted by atomic mass is 33.1. The van der Waals surface area contributed by atoms with Crippen molar-refractivity contribution in [2.24, 2.45) is 17.8 Å². The molecule has 0 saturated carbocycles. The fraction of sp³-hybridized carbons (Fsp3) is 0.702. The standard InChI is InChI=1S/C44H71N7O9S2.C3H8/c1-13-28(4)37(49(9)35(53)25-47-41(56)36(27(2)3)50(10)43(57)60-26-44(7,8)62-61-42-45-21-22-46-42)33(58-11)24-34(52)51-23-17-20-32(51)39(59-12)29(5)40(55)48-30(6)38(54)31-18-15-14-16-19-31;1-3-2/h14-16,18-19,21-22,27-30,32-33,36-39,54H,13,17,20,23-26H2,1-12H3,(H,45,46)(H,47,56)(H,48,55);3H2,1-2H3. The topological polar surface area (TPSA) is 196 Å². The second-order valence-electron chi connectivity index (χ2n) is 17.9. The summed E-state index contributed by atoms with van der Waals surface area (Å²) in [6.07, 6.45) is 3.82. The third-order valence-electron chi connectivity index (χ3n) is 11.7. The molecule has 65 heavy (non-hydrogen) atoms. The zero-order valence-electron chi connectivity index (χ0n) is 41.3. The Morgan fingerprint density at radius 3 is 2.18 bits per heavy atom. The van der Waals surface area contributed by atoms with Gasteiger partial charge in [-0.1, -0.05) is 102 Å². The van der Waals surface area contributed by atoms with E-state index in [1.807, 2.05) is 59.7 Å². The van der Waals surface area contributed by atoms with Crippen molar-refractivity contribution in [3.63, 3.8) is 0 Å². The third kappa shape index (κ3) is 17.4. The Kier molecular flexibility index (Phi) is 25.0. The van der Waals surface area contributed by atoms with Crippen molar-refractivity contribution < 1.29 is 43.3 Å². The molecule has 1 aliphatic heterocycles. The molecule has 9 atom stereocenters. The van der Waals surface area contributed by atoms with E-state index < -0.39 is 59.1 Å². The number of imidazole rings is 1. The van der Waals surface area contributed by atoms with Gasteiger partial charge in [-0.05, 0) is 61.8 Å². The number of methoxy groups -OCH3 is 2. The van der Waals surface area contributed by atoms with E-state index in [0.29, 0.717) is 24.9 Å². The number of hydrogen-bond donors (Lipinski definition) is 4. The Hall–Kier alpha value is -3.84. The van der Waals surface area contributed by atoms with E-state index in [1.165, 1.54) is 59.1 Å². The lowest BCUT2D eigenvalue weighted by Gasteiger charge is -2.39. The molecule has 1 fully saturated rings. The fourth-order valence-corrected chi connectivity index (χ4v) is 9.90. The van der Waals surface area contributed by atoms with Crippen molar-refractivity contribution in [1.82, 2.24) is 35.3 Å². The lowest BCUT2D eigenvalue weighted by Crippen LogP contribution is -2.56. The number of benzene rings is 1. The van der Waals surface area contributed by atoms with E-state index in [9.17, 15) is 29.1 Å². The molecule has 0 spiro atoms. The van der Waals surface area contributed by atoms with Gasteiger partial charge in [-0.15, -0.1) is 0 Å². The van der Waals surface area contributed by atoms with Crippen LogP contribution in [0.25, 0.3) is 0 Å². The van der Waals surface area contributed by atoms with E-state index in [-0.39, 0.29) is 55.2 Å². The van der Waals surface area contributed by atoms with Crippen LogP contribution in [0, 0.1) is 17.8 Å². The van der Waals surface area contributed by atoms with Gasteiger partial charge in [0.1, 0.15) is 12.6 Å². The number of carbonyl (C=O) groups is 5. The molecule has 3 rings (SSSR count). The molecule has 1 aliphatic rings. The third-order valence-corrected chi connectivity index (χ3v) is 14.8. The minimum Gasteiger partial charge on any atom is -0.448 e. The predicted octanol–water partition coefficient (Wildman–Crippen LogP) is 6.71. The van der Waals surface area contributed by atoms with Gasteiger partial charge < -0.3 is 44.7 Å². The van der Waals surface area contributed by atoms with E-state index in [0.717, 1.165) is 11.6 Å². The highest BCUT2D eigenvalue weighted by Gasteiger charge is 2.42. The molecule has 0 bridgehead atoms. The molecule has 0 radical (unpaired) electrons. The summed E-state index contributed by atoms with van der Waals surface area (Å²) >= 11 is 0. The predicted molar refractivity (Wildman–Crippen MR) is 258 cm³/mol. The first-order valence-electron chi connectivity index (χ1n) is 22.9. The van der Waals surface area contributed by atoms with Crippen LogP contribution in [-0.4, -0.2) is 149 Å². The van der Waals surface area contributed by atoms with Crippen LogP contribution in [0.5, 0.6) is 0 Å². The van der Waals surface area contributed by atoms with Crippen molar-refractivity contribution in [2.45, 2.75) is 154 Å². The first kappa shape index (κ1) is 57.3. The number of aromatic amines is 1. The Balaban J connectivity index is 0.00000470.